The molecule has 0 unspecified atom stereocenters. The van der Waals surface area contributed by atoms with Crippen molar-refractivity contribution in [3.8, 4) is 11.1 Å². The molecule has 31 heavy (non-hydrogen) atoms. The number of aromatic nitrogens is 3. The summed E-state index contributed by atoms with van der Waals surface area (Å²) in [6, 6.07) is 6.95. The van der Waals surface area contributed by atoms with Crippen LogP contribution in [0.3, 0.4) is 0 Å². The summed E-state index contributed by atoms with van der Waals surface area (Å²) in [6.07, 6.45) is 10.4. The molecule has 1 aliphatic heterocycles. The van der Waals surface area contributed by atoms with Gasteiger partial charge in [-0.2, -0.15) is 0 Å². The summed E-state index contributed by atoms with van der Waals surface area (Å²) in [5.74, 6) is 0.494. The van der Waals surface area contributed by atoms with E-state index in [4.69, 9.17) is 5.73 Å². The number of rotatable bonds is 3. The second-order valence-corrected chi connectivity index (χ2v) is 9.03. The topological polar surface area (TPSA) is 89.1 Å². The molecule has 1 fully saturated rings. The van der Waals surface area contributed by atoms with E-state index in [1.54, 1.807) is 0 Å². The third kappa shape index (κ3) is 3.52. The van der Waals surface area contributed by atoms with Crippen molar-refractivity contribution >= 4 is 28.6 Å². The lowest BCUT2D eigenvalue weighted by Crippen LogP contribution is -2.45. The maximum atomic E-state index is 12.9. The van der Waals surface area contributed by atoms with Crippen molar-refractivity contribution in [3.63, 3.8) is 0 Å². The van der Waals surface area contributed by atoms with Gasteiger partial charge in [-0.1, -0.05) is 25.3 Å². The predicted molar refractivity (Wildman–Crippen MR) is 124 cm³/mol. The van der Waals surface area contributed by atoms with E-state index in [0.717, 1.165) is 53.7 Å². The summed E-state index contributed by atoms with van der Waals surface area (Å²) < 4.78 is 2.14. The summed E-state index contributed by atoms with van der Waals surface area (Å²) in [5, 5.41) is 4.14. The molecular formula is C24H30N6O. The Morgan fingerprint density at radius 1 is 1.19 bits per heavy atom. The third-order valence-corrected chi connectivity index (χ3v) is 6.66. The standard InChI is InChI=1S/C24H30N6O/c1-15(2)30-13-19(21-22(25)26-14-27-23(21)30)16-8-9-20-17(12-16)10-11-29(20)24(31)28-18-6-4-3-5-7-18/h8-9,12-15,18H,3-7,10-11H2,1-2H3,(H,28,31)(H2,25,26,27). The van der Waals surface area contributed by atoms with Gasteiger partial charge in [0.1, 0.15) is 17.8 Å². The molecular weight excluding hydrogens is 388 g/mol. The van der Waals surface area contributed by atoms with Gasteiger partial charge in [0.25, 0.3) is 0 Å². The highest BCUT2D eigenvalue weighted by Crippen LogP contribution is 2.38. The number of anilines is 2. The molecule has 0 spiro atoms. The molecule has 162 valence electrons. The van der Waals surface area contributed by atoms with E-state index in [1.807, 2.05) is 4.90 Å². The highest BCUT2D eigenvalue weighted by atomic mass is 16.2. The van der Waals surface area contributed by atoms with Crippen molar-refractivity contribution in [1.82, 2.24) is 19.9 Å². The molecule has 2 amide bonds. The van der Waals surface area contributed by atoms with Crippen LogP contribution in [0.15, 0.2) is 30.7 Å². The van der Waals surface area contributed by atoms with Crippen LogP contribution in [0.1, 0.15) is 57.6 Å². The average molecular weight is 419 g/mol. The van der Waals surface area contributed by atoms with Crippen molar-refractivity contribution in [1.29, 1.82) is 0 Å². The fourth-order valence-electron chi connectivity index (χ4n) is 5.00. The summed E-state index contributed by atoms with van der Waals surface area (Å²) in [7, 11) is 0. The van der Waals surface area contributed by atoms with Crippen LogP contribution in [0.5, 0.6) is 0 Å². The molecule has 3 N–H and O–H groups in total. The van der Waals surface area contributed by atoms with Gasteiger partial charge in [0.15, 0.2) is 0 Å². The Kier molecular flexibility index (Phi) is 5.04. The van der Waals surface area contributed by atoms with Crippen LogP contribution in [-0.4, -0.2) is 33.2 Å². The first-order valence-corrected chi connectivity index (χ1v) is 11.3. The Morgan fingerprint density at radius 3 is 2.77 bits per heavy atom. The minimum absolute atomic E-state index is 0.0347. The Balaban J connectivity index is 1.46. The number of nitrogens with one attached hydrogen (secondary N) is 1. The number of urea groups is 1. The van der Waals surface area contributed by atoms with Crippen molar-refractivity contribution in [2.75, 3.05) is 17.2 Å². The predicted octanol–water partition coefficient (Wildman–Crippen LogP) is 4.67. The number of nitrogens with two attached hydrogens (primary N) is 1. The number of benzene rings is 1. The molecule has 7 nitrogen and oxygen atoms in total. The van der Waals surface area contributed by atoms with Gasteiger partial charge in [0.05, 0.1) is 5.39 Å². The molecule has 0 atom stereocenters. The number of hydrogen-bond acceptors (Lipinski definition) is 4. The number of nitrogens with zero attached hydrogens (tertiary/aromatic N) is 4. The van der Waals surface area contributed by atoms with Crippen molar-refractivity contribution in [3.05, 3.63) is 36.3 Å². The molecule has 2 aliphatic rings. The van der Waals surface area contributed by atoms with Crippen LogP contribution in [0.2, 0.25) is 0 Å². The summed E-state index contributed by atoms with van der Waals surface area (Å²) in [5.41, 5.74) is 11.4. The molecule has 1 saturated carbocycles. The van der Waals surface area contributed by atoms with Crippen LogP contribution >= 0.6 is 0 Å². The van der Waals surface area contributed by atoms with E-state index in [2.05, 4.69) is 58.1 Å². The quantitative estimate of drug-likeness (QED) is 0.647. The molecule has 0 radical (unpaired) electrons. The van der Waals surface area contributed by atoms with Gasteiger partial charge in [0.2, 0.25) is 0 Å². The molecule has 2 aromatic heterocycles. The van der Waals surface area contributed by atoms with Gasteiger partial charge in [-0.05, 0) is 56.4 Å². The second kappa shape index (κ2) is 7.87. The zero-order valence-corrected chi connectivity index (χ0v) is 18.3. The number of amides is 2. The molecule has 1 aliphatic carbocycles. The average Bonchev–Trinajstić information content (AvgIpc) is 3.36. The second-order valence-electron chi connectivity index (χ2n) is 9.03. The largest absolute Gasteiger partial charge is 0.383 e. The zero-order chi connectivity index (χ0) is 21.5. The highest BCUT2D eigenvalue weighted by molar-refractivity contribution is 6.01. The van der Waals surface area contributed by atoms with Gasteiger partial charge in [-0.3, -0.25) is 4.90 Å². The maximum absolute atomic E-state index is 12.9. The van der Waals surface area contributed by atoms with Crippen LogP contribution < -0.4 is 16.0 Å². The first kappa shape index (κ1) is 19.8. The molecule has 5 rings (SSSR count). The molecule has 3 heterocycles. The Morgan fingerprint density at radius 2 is 2.00 bits per heavy atom. The highest BCUT2D eigenvalue weighted by Gasteiger charge is 2.27. The monoisotopic (exact) mass is 418 g/mol. The zero-order valence-electron chi connectivity index (χ0n) is 18.3. The van der Waals surface area contributed by atoms with Crippen molar-refractivity contribution < 1.29 is 4.79 Å². The smallest absolute Gasteiger partial charge is 0.322 e. The first-order valence-electron chi connectivity index (χ1n) is 11.3. The minimum atomic E-state index is 0.0347. The number of fused-ring (bicyclic) bond motifs is 2. The van der Waals surface area contributed by atoms with E-state index in [0.29, 0.717) is 11.9 Å². The summed E-state index contributed by atoms with van der Waals surface area (Å²) >= 11 is 0. The van der Waals surface area contributed by atoms with Gasteiger partial charge >= 0.3 is 6.03 Å². The van der Waals surface area contributed by atoms with E-state index >= 15 is 0 Å². The minimum Gasteiger partial charge on any atom is -0.383 e. The molecule has 7 heteroatoms. The SMILES string of the molecule is CC(C)n1cc(-c2ccc3c(c2)CCN3C(=O)NC2CCCCC2)c2c(N)ncnc21. The van der Waals surface area contributed by atoms with E-state index in [9.17, 15) is 4.79 Å². The summed E-state index contributed by atoms with van der Waals surface area (Å²) in [6.45, 7) is 4.98. The lowest BCUT2D eigenvalue weighted by atomic mass is 9.96. The lowest BCUT2D eigenvalue weighted by molar-refractivity contribution is 0.238. The van der Waals surface area contributed by atoms with Gasteiger partial charge in [-0.25, -0.2) is 14.8 Å². The Labute approximate surface area is 182 Å². The van der Waals surface area contributed by atoms with E-state index in [-0.39, 0.29) is 12.1 Å². The van der Waals surface area contributed by atoms with Crippen molar-refractivity contribution in [2.45, 2.75) is 64.5 Å². The van der Waals surface area contributed by atoms with Crippen LogP contribution in [-0.2, 0) is 6.42 Å². The maximum Gasteiger partial charge on any atom is 0.322 e. The van der Waals surface area contributed by atoms with Gasteiger partial charge in [-0.15, -0.1) is 0 Å². The summed E-state index contributed by atoms with van der Waals surface area (Å²) in [4.78, 5) is 23.5. The molecule has 1 aromatic carbocycles. The third-order valence-electron chi connectivity index (χ3n) is 6.66. The fourth-order valence-corrected chi connectivity index (χ4v) is 5.00. The van der Waals surface area contributed by atoms with Crippen LogP contribution in [0, 0.1) is 0 Å². The molecule has 0 saturated heterocycles. The lowest BCUT2D eigenvalue weighted by Gasteiger charge is -2.26. The number of carbonyl (C=O) groups excluding carboxylic acids is 1. The van der Waals surface area contributed by atoms with Crippen LogP contribution in [0.25, 0.3) is 22.2 Å². The first-order chi connectivity index (χ1) is 15.0. The number of nitrogen functional groups attached to an aromatic ring is 1. The number of hydrogen-bond donors (Lipinski definition) is 2. The van der Waals surface area contributed by atoms with Gasteiger partial charge in [0, 0.05) is 36.1 Å². The fraction of sp³-hybridized carbons (Fsp3) is 0.458. The molecule has 3 aromatic rings. The van der Waals surface area contributed by atoms with Crippen LogP contribution in [0.4, 0.5) is 16.3 Å². The van der Waals surface area contributed by atoms with E-state index in [1.165, 1.54) is 31.2 Å². The van der Waals surface area contributed by atoms with Gasteiger partial charge < -0.3 is 15.6 Å². The Bertz CT molecular complexity index is 1130. The number of carbonyl (C=O) groups is 1. The van der Waals surface area contributed by atoms with Crippen molar-refractivity contribution in [2.24, 2.45) is 0 Å². The normalized spacial score (nSPS) is 16.8. The molecule has 0 bridgehead atoms. The van der Waals surface area contributed by atoms with E-state index < -0.39 is 0 Å². The Hall–Kier alpha value is -3.09.